The molecule has 2 atom stereocenters. The maximum absolute atomic E-state index is 14.2. The number of nitrogens with one attached hydrogen (secondary N) is 1. The molecule has 0 saturated heterocycles. The van der Waals surface area contributed by atoms with Gasteiger partial charge in [-0.2, -0.15) is 0 Å². The first kappa shape index (κ1) is 28.5. The Kier molecular flexibility index (Phi) is 10.1. The normalized spacial score (nSPS) is 12.4. The van der Waals surface area contributed by atoms with Crippen molar-refractivity contribution in [3.63, 3.8) is 0 Å². The van der Waals surface area contributed by atoms with Gasteiger partial charge in [0.2, 0.25) is 6.79 Å². The van der Waals surface area contributed by atoms with E-state index in [2.05, 4.69) is 15.6 Å². The number of carbonyl (C=O) groups is 3. The molecule has 2 aromatic carbocycles. The predicted molar refractivity (Wildman–Crippen MR) is 132 cm³/mol. The van der Waals surface area contributed by atoms with E-state index in [1.807, 2.05) is 0 Å². The van der Waals surface area contributed by atoms with Gasteiger partial charge < -0.3 is 25.1 Å². The number of carbonyl (C=O) groups excluding carboxylic acids is 3. The molecule has 38 heavy (non-hydrogen) atoms. The summed E-state index contributed by atoms with van der Waals surface area (Å²) < 4.78 is 23.8. The van der Waals surface area contributed by atoms with E-state index in [0.717, 1.165) is 6.20 Å². The van der Waals surface area contributed by atoms with Crippen molar-refractivity contribution >= 4 is 29.4 Å². The highest BCUT2D eigenvalue weighted by Crippen LogP contribution is 2.26. The van der Waals surface area contributed by atoms with Crippen molar-refractivity contribution in [1.82, 2.24) is 20.5 Å². The van der Waals surface area contributed by atoms with E-state index in [1.165, 1.54) is 18.2 Å². The zero-order valence-corrected chi connectivity index (χ0v) is 21.1. The number of amides is 1. The van der Waals surface area contributed by atoms with Gasteiger partial charge in [0.1, 0.15) is 5.82 Å². The first-order valence-electron chi connectivity index (χ1n) is 11.6. The molecule has 1 aromatic heterocycles. The molecule has 0 saturated carbocycles. The van der Waals surface area contributed by atoms with Gasteiger partial charge in [-0.15, -0.1) is 5.10 Å². The lowest BCUT2D eigenvalue weighted by atomic mass is 9.97. The predicted octanol–water partition coefficient (Wildman–Crippen LogP) is 2.91. The molecule has 0 aliphatic rings. The van der Waals surface area contributed by atoms with E-state index in [0.29, 0.717) is 33.0 Å². The summed E-state index contributed by atoms with van der Waals surface area (Å²) >= 11 is 5.98. The molecule has 13 heteroatoms. The molecule has 0 aliphatic carbocycles. The summed E-state index contributed by atoms with van der Waals surface area (Å²) in [5, 5.41) is 29.5. The van der Waals surface area contributed by atoms with Crippen LogP contribution in [0.1, 0.15) is 42.2 Å². The summed E-state index contributed by atoms with van der Waals surface area (Å²) in [4.78, 5) is 36.6. The topological polar surface area (TPSA) is 153 Å². The molecule has 0 fully saturated rings. The number of nitrogens with zero attached hydrogens (tertiary/aromatic N) is 3. The quantitative estimate of drug-likeness (QED) is 0.176. The van der Waals surface area contributed by atoms with Crippen LogP contribution in [0, 0.1) is 5.82 Å². The second kappa shape index (κ2) is 13.5. The van der Waals surface area contributed by atoms with Gasteiger partial charge in [-0.1, -0.05) is 47.6 Å². The maximum Gasteiger partial charge on any atom is 0.337 e. The number of benzene rings is 2. The Hall–Kier alpha value is -4.03. The minimum Gasteiger partial charge on any atom is -0.428 e. The zero-order chi connectivity index (χ0) is 27.7. The van der Waals surface area contributed by atoms with Crippen molar-refractivity contribution < 1.29 is 38.6 Å². The Bertz CT molecular complexity index is 1270. The fourth-order valence-corrected chi connectivity index (χ4v) is 3.70. The fourth-order valence-electron chi connectivity index (χ4n) is 3.53. The number of hydrogen-bond donors (Lipinski definition) is 3. The van der Waals surface area contributed by atoms with Crippen molar-refractivity contribution in [2.45, 2.75) is 44.8 Å². The second-order valence-electron chi connectivity index (χ2n) is 8.32. The highest BCUT2D eigenvalue weighted by Gasteiger charge is 2.25. The van der Waals surface area contributed by atoms with E-state index < -0.39 is 42.6 Å². The van der Waals surface area contributed by atoms with E-state index in [9.17, 15) is 29.1 Å². The number of halogens is 2. The van der Waals surface area contributed by atoms with Gasteiger partial charge in [-0.05, 0) is 47.4 Å². The zero-order valence-electron chi connectivity index (χ0n) is 20.3. The van der Waals surface area contributed by atoms with Crippen LogP contribution in [0.5, 0.6) is 0 Å². The summed E-state index contributed by atoms with van der Waals surface area (Å²) in [6.07, 6.45) is -0.0432. The Labute approximate surface area is 222 Å². The third kappa shape index (κ3) is 8.25. The van der Waals surface area contributed by atoms with Gasteiger partial charge in [0, 0.05) is 29.5 Å². The Morgan fingerprint density at radius 2 is 1.89 bits per heavy atom. The number of ether oxygens (including phenoxy) is 2. The molecule has 2 unspecified atom stereocenters. The van der Waals surface area contributed by atoms with Gasteiger partial charge in [-0.3, -0.25) is 9.59 Å². The summed E-state index contributed by atoms with van der Waals surface area (Å²) in [6.45, 7) is 1.14. The van der Waals surface area contributed by atoms with Crippen molar-refractivity contribution in [2.75, 3.05) is 6.79 Å². The van der Waals surface area contributed by atoms with Crippen molar-refractivity contribution in [3.05, 3.63) is 70.8 Å². The molecule has 3 rings (SSSR count). The third-order valence-corrected chi connectivity index (χ3v) is 5.62. The number of hydrogen-bond acceptors (Lipinski definition) is 9. The lowest BCUT2D eigenvalue weighted by molar-refractivity contribution is -0.173. The smallest absolute Gasteiger partial charge is 0.337 e. The van der Waals surface area contributed by atoms with Crippen LogP contribution in [-0.2, 0) is 25.5 Å². The van der Waals surface area contributed by atoms with Crippen LogP contribution in [-0.4, -0.2) is 62.3 Å². The van der Waals surface area contributed by atoms with E-state index in [4.69, 9.17) is 21.1 Å². The van der Waals surface area contributed by atoms with Crippen LogP contribution in [0.2, 0.25) is 5.02 Å². The number of esters is 2. The maximum atomic E-state index is 14.2. The standard InChI is InChI=1S/C25H26ClFN4O7/c1-2-3-23(33)37-14-38-25(35)22(32)12-18(28-24(34)21-13-31(36)30-29-21)10-15-4-6-16(7-5-15)19-11-17(26)8-9-20(19)27/h4-9,11,13,18,22,32,36H,2-3,10,12,14H2,1H3,(H,28,34). The molecule has 3 N–H and O–H groups in total. The molecule has 0 aliphatic heterocycles. The minimum absolute atomic E-state index is 0.160. The van der Waals surface area contributed by atoms with Crippen LogP contribution in [0.25, 0.3) is 11.1 Å². The van der Waals surface area contributed by atoms with Gasteiger partial charge in [0.15, 0.2) is 11.8 Å². The molecule has 0 bridgehead atoms. The summed E-state index contributed by atoms with van der Waals surface area (Å²) in [7, 11) is 0. The van der Waals surface area contributed by atoms with E-state index in [1.54, 1.807) is 31.2 Å². The molecular weight excluding hydrogens is 523 g/mol. The average Bonchev–Trinajstić information content (AvgIpc) is 3.32. The summed E-state index contributed by atoms with van der Waals surface area (Å²) in [5.74, 6) is -2.73. The lowest BCUT2D eigenvalue weighted by Crippen LogP contribution is -2.41. The molecule has 11 nitrogen and oxygen atoms in total. The molecule has 3 aromatic rings. The molecule has 0 radical (unpaired) electrons. The lowest BCUT2D eigenvalue weighted by Gasteiger charge is -2.21. The van der Waals surface area contributed by atoms with Crippen molar-refractivity contribution in [3.8, 4) is 11.1 Å². The van der Waals surface area contributed by atoms with E-state index >= 15 is 0 Å². The highest BCUT2D eigenvalue weighted by atomic mass is 35.5. The molecule has 0 spiro atoms. The Morgan fingerprint density at radius 1 is 1.16 bits per heavy atom. The van der Waals surface area contributed by atoms with Crippen LogP contribution >= 0.6 is 11.6 Å². The molecule has 1 heterocycles. The Morgan fingerprint density at radius 3 is 2.55 bits per heavy atom. The second-order valence-corrected chi connectivity index (χ2v) is 8.76. The monoisotopic (exact) mass is 548 g/mol. The number of rotatable bonds is 12. The van der Waals surface area contributed by atoms with Gasteiger partial charge in [0.05, 0.1) is 6.20 Å². The molecular formula is C25H26ClFN4O7. The Balaban J connectivity index is 1.70. The van der Waals surface area contributed by atoms with Crippen LogP contribution in [0.4, 0.5) is 4.39 Å². The summed E-state index contributed by atoms with van der Waals surface area (Å²) in [6, 6.07) is 10.2. The largest absolute Gasteiger partial charge is 0.428 e. The van der Waals surface area contributed by atoms with Crippen LogP contribution in [0.15, 0.2) is 48.7 Å². The number of aliphatic hydroxyl groups excluding tert-OH is 1. The SMILES string of the molecule is CCCC(=O)OCOC(=O)C(O)CC(Cc1ccc(-c2cc(Cl)ccc2F)cc1)NC(=O)c1cn(O)nn1. The number of aliphatic hydroxyl groups is 1. The van der Waals surface area contributed by atoms with Gasteiger partial charge >= 0.3 is 11.9 Å². The first-order chi connectivity index (χ1) is 18.2. The average molecular weight is 549 g/mol. The van der Waals surface area contributed by atoms with Crippen LogP contribution in [0.3, 0.4) is 0 Å². The van der Waals surface area contributed by atoms with Gasteiger partial charge in [0.25, 0.3) is 5.91 Å². The van der Waals surface area contributed by atoms with E-state index in [-0.39, 0.29) is 25.0 Å². The van der Waals surface area contributed by atoms with Crippen molar-refractivity contribution in [2.24, 2.45) is 0 Å². The minimum atomic E-state index is -1.65. The van der Waals surface area contributed by atoms with Crippen LogP contribution < -0.4 is 5.32 Å². The molecule has 202 valence electrons. The summed E-state index contributed by atoms with van der Waals surface area (Å²) in [5.41, 5.74) is 1.40. The highest BCUT2D eigenvalue weighted by molar-refractivity contribution is 6.30. The fraction of sp³-hybridized carbons (Fsp3) is 0.320. The number of aromatic nitrogens is 3. The third-order valence-electron chi connectivity index (χ3n) is 5.38. The van der Waals surface area contributed by atoms with Gasteiger partial charge in [-0.25, -0.2) is 9.18 Å². The first-order valence-corrected chi connectivity index (χ1v) is 12.0. The molecule has 1 amide bonds. The van der Waals surface area contributed by atoms with Crippen molar-refractivity contribution in [1.29, 1.82) is 0 Å².